The topological polar surface area (TPSA) is 12.0 Å². The monoisotopic (exact) mass is 257 g/mol. The molecule has 0 saturated carbocycles. The third-order valence-electron chi connectivity index (χ3n) is 2.48. The summed E-state index contributed by atoms with van der Waals surface area (Å²) in [4.78, 5) is 0. The first-order chi connectivity index (χ1) is 7.39. The lowest BCUT2D eigenvalue weighted by atomic mass is 10.1. The van der Waals surface area contributed by atoms with Crippen LogP contribution in [0.5, 0.6) is 0 Å². The van der Waals surface area contributed by atoms with E-state index in [1.54, 1.807) is 11.8 Å². The van der Waals surface area contributed by atoms with E-state index in [-0.39, 0.29) is 12.5 Å². The smallest absolute Gasteiger partial charge is 0.311 e. The molecule has 1 N–H and O–H groups in total. The highest BCUT2D eigenvalue weighted by Gasteiger charge is 2.26. The number of hydrogen-bond acceptors (Lipinski definition) is 2. The molecule has 0 spiro atoms. The highest BCUT2D eigenvalue weighted by atomic mass is 32.2. The van der Waals surface area contributed by atoms with Gasteiger partial charge in [-0.1, -0.05) is 6.92 Å². The van der Waals surface area contributed by atoms with Crippen LogP contribution in [0, 0.1) is 0 Å². The van der Waals surface area contributed by atoms with Gasteiger partial charge in [-0.25, -0.2) is 0 Å². The summed E-state index contributed by atoms with van der Waals surface area (Å²) in [5.74, 6) is 1.01. The van der Waals surface area contributed by atoms with Crippen molar-refractivity contribution in [3.63, 3.8) is 0 Å². The SMILES string of the molecule is CCC(CSC)NC(C)CCCC(F)(F)F. The zero-order valence-corrected chi connectivity index (χ0v) is 11.0. The normalized spacial score (nSPS) is 16.1. The van der Waals surface area contributed by atoms with E-state index in [1.165, 1.54) is 0 Å². The first-order valence-corrected chi connectivity index (χ1v) is 7.10. The Labute approximate surface area is 101 Å². The summed E-state index contributed by atoms with van der Waals surface area (Å²) in [6.07, 6.45) is -0.817. The second-order valence-corrected chi connectivity index (χ2v) is 5.05. The second kappa shape index (κ2) is 8.23. The predicted molar refractivity (Wildman–Crippen MR) is 65.0 cm³/mol. The zero-order chi connectivity index (χ0) is 12.6. The molecule has 98 valence electrons. The van der Waals surface area contributed by atoms with Crippen LogP contribution in [0.3, 0.4) is 0 Å². The van der Waals surface area contributed by atoms with E-state index < -0.39 is 12.6 Å². The molecule has 0 aliphatic rings. The molecule has 0 aromatic rings. The van der Waals surface area contributed by atoms with Gasteiger partial charge in [0.15, 0.2) is 0 Å². The van der Waals surface area contributed by atoms with Crippen molar-refractivity contribution in [2.45, 2.75) is 57.8 Å². The van der Waals surface area contributed by atoms with E-state index in [1.807, 2.05) is 13.2 Å². The lowest BCUT2D eigenvalue weighted by Gasteiger charge is -2.21. The van der Waals surface area contributed by atoms with Crippen LogP contribution >= 0.6 is 11.8 Å². The van der Waals surface area contributed by atoms with Gasteiger partial charge in [-0.3, -0.25) is 0 Å². The number of nitrogens with one attached hydrogen (secondary N) is 1. The fourth-order valence-electron chi connectivity index (χ4n) is 1.58. The Balaban J connectivity index is 3.67. The third kappa shape index (κ3) is 9.33. The first kappa shape index (κ1) is 16.1. The van der Waals surface area contributed by atoms with Gasteiger partial charge >= 0.3 is 6.18 Å². The van der Waals surface area contributed by atoms with E-state index >= 15 is 0 Å². The van der Waals surface area contributed by atoms with E-state index in [2.05, 4.69) is 12.2 Å². The molecule has 0 aromatic carbocycles. The van der Waals surface area contributed by atoms with Crippen LogP contribution in [-0.2, 0) is 0 Å². The number of alkyl halides is 3. The molecule has 1 nitrogen and oxygen atoms in total. The van der Waals surface area contributed by atoms with Crippen molar-refractivity contribution in [3.8, 4) is 0 Å². The van der Waals surface area contributed by atoms with E-state index in [0.717, 1.165) is 12.2 Å². The molecule has 0 amide bonds. The molecule has 0 aromatic heterocycles. The van der Waals surface area contributed by atoms with Crippen LogP contribution in [0.2, 0.25) is 0 Å². The number of halogens is 3. The number of hydrogen-bond donors (Lipinski definition) is 1. The Morgan fingerprint density at radius 3 is 2.38 bits per heavy atom. The van der Waals surface area contributed by atoms with Crippen LogP contribution in [0.1, 0.15) is 39.5 Å². The van der Waals surface area contributed by atoms with Gasteiger partial charge in [-0.2, -0.15) is 24.9 Å². The molecular weight excluding hydrogens is 235 g/mol. The zero-order valence-electron chi connectivity index (χ0n) is 10.2. The van der Waals surface area contributed by atoms with Crippen molar-refractivity contribution in [3.05, 3.63) is 0 Å². The van der Waals surface area contributed by atoms with E-state index in [0.29, 0.717) is 12.5 Å². The lowest BCUT2D eigenvalue weighted by molar-refractivity contribution is -0.135. The van der Waals surface area contributed by atoms with Crippen molar-refractivity contribution in [2.75, 3.05) is 12.0 Å². The van der Waals surface area contributed by atoms with Gasteiger partial charge in [-0.05, 0) is 32.4 Å². The first-order valence-electron chi connectivity index (χ1n) is 5.70. The minimum atomic E-state index is -4.01. The highest BCUT2D eigenvalue weighted by molar-refractivity contribution is 7.98. The minimum absolute atomic E-state index is 0.166. The maximum absolute atomic E-state index is 11.9. The molecule has 16 heavy (non-hydrogen) atoms. The average molecular weight is 257 g/mol. The Bertz CT molecular complexity index is 173. The minimum Gasteiger partial charge on any atom is -0.311 e. The standard InChI is InChI=1S/C11H22F3NS/c1-4-10(8-16-3)15-9(2)6-5-7-11(12,13)14/h9-10,15H,4-8H2,1-3H3. The summed E-state index contributed by atoms with van der Waals surface area (Å²) in [5.41, 5.74) is 0. The molecule has 0 radical (unpaired) electrons. The van der Waals surface area contributed by atoms with Crippen LogP contribution < -0.4 is 5.32 Å². The summed E-state index contributed by atoms with van der Waals surface area (Å²) in [5, 5.41) is 3.37. The largest absolute Gasteiger partial charge is 0.389 e. The van der Waals surface area contributed by atoms with Crippen molar-refractivity contribution >= 4 is 11.8 Å². The predicted octanol–water partition coefficient (Wildman–Crippen LogP) is 3.84. The molecule has 0 fully saturated rings. The van der Waals surface area contributed by atoms with Gasteiger partial charge in [-0.15, -0.1) is 0 Å². The molecule has 0 heterocycles. The lowest BCUT2D eigenvalue weighted by Crippen LogP contribution is -2.37. The maximum atomic E-state index is 11.9. The van der Waals surface area contributed by atoms with Crippen LogP contribution in [-0.4, -0.2) is 30.3 Å². The van der Waals surface area contributed by atoms with Crippen molar-refractivity contribution < 1.29 is 13.2 Å². The third-order valence-corrected chi connectivity index (χ3v) is 3.21. The van der Waals surface area contributed by atoms with Gasteiger partial charge in [0.2, 0.25) is 0 Å². The van der Waals surface area contributed by atoms with Crippen LogP contribution in [0.15, 0.2) is 0 Å². The van der Waals surface area contributed by atoms with Crippen molar-refractivity contribution in [2.24, 2.45) is 0 Å². The molecule has 2 atom stereocenters. The van der Waals surface area contributed by atoms with Gasteiger partial charge in [0, 0.05) is 24.3 Å². The van der Waals surface area contributed by atoms with Gasteiger partial charge < -0.3 is 5.32 Å². The molecule has 0 saturated heterocycles. The Morgan fingerprint density at radius 2 is 1.94 bits per heavy atom. The molecule has 0 aliphatic heterocycles. The summed E-state index contributed by atoms with van der Waals surface area (Å²) >= 11 is 1.76. The van der Waals surface area contributed by atoms with E-state index in [4.69, 9.17) is 0 Å². The molecule has 0 bridgehead atoms. The van der Waals surface area contributed by atoms with E-state index in [9.17, 15) is 13.2 Å². The summed E-state index contributed by atoms with van der Waals surface area (Å²) in [7, 11) is 0. The van der Waals surface area contributed by atoms with Crippen molar-refractivity contribution in [1.82, 2.24) is 5.32 Å². The Morgan fingerprint density at radius 1 is 1.31 bits per heavy atom. The Hall–Kier alpha value is 0.100. The maximum Gasteiger partial charge on any atom is 0.389 e. The molecule has 0 rings (SSSR count). The number of rotatable bonds is 8. The Kier molecular flexibility index (Phi) is 8.28. The molecule has 2 unspecified atom stereocenters. The summed E-state index contributed by atoms with van der Waals surface area (Å²) in [6, 6.07) is 0.579. The fraction of sp³-hybridized carbons (Fsp3) is 1.00. The second-order valence-electron chi connectivity index (χ2n) is 4.14. The van der Waals surface area contributed by atoms with Gasteiger partial charge in [0.25, 0.3) is 0 Å². The fourth-order valence-corrected chi connectivity index (χ4v) is 2.31. The molecular formula is C11H22F3NS. The molecule has 0 aliphatic carbocycles. The summed E-state index contributed by atoms with van der Waals surface area (Å²) in [6.45, 7) is 4.05. The highest BCUT2D eigenvalue weighted by Crippen LogP contribution is 2.22. The van der Waals surface area contributed by atoms with Crippen LogP contribution in [0.4, 0.5) is 13.2 Å². The number of thioether (sulfide) groups is 1. The quantitative estimate of drug-likeness (QED) is 0.709. The van der Waals surface area contributed by atoms with Gasteiger partial charge in [0.1, 0.15) is 0 Å². The summed E-state index contributed by atoms with van der Waals surface area (Å²) < 4.78 is 35.8. The average Bonchev–Trinajstić information content (AvgIpc) is 2.15. The van der Waals surface area contributed by atoms with Crippen LogP contribution in [0.25, 0.3) is 0 Å². The van der Waals surface area contributed by atoms with Gasteiger partial charge in [0.05, 0.1) is 0 Å². The van der Waals surface area contributed by atoms with Crippen molar-refractivity contribution in [1.29, 1.82) is 0 Å². The molecule has 5 heteroatoms.